The number of ether oxygens (including phenoxy) is 2. The number of hydrogen-bond donors (Lipinski definition) is 2. The fourth-order valence-corrected chi connectivity index (χ4v) is 4.34. The van der Waals surface area contributed by atoms with Crippen molar-refractivity contribution in [2.24, 2.45) is 0 Å². The molecule has 1 aliphatic heterocycles. The summed E-state index contributed by atoms with van der Waals surface area (Å²) in [5, 5.41) is 22.0. The molecule has 2 heterocycles. The summed E-state index contributed by atoms with van der Waals surface area (Å²) in [5.74, 6) is -1.10. The summed E-state index contributed by atoms with van der Waals surface area (Å²) in [5.41, 5.74) is 1.28. The van der Waals surface area contributed by atoms with Crippen molar-refractivity contribution in [1.29, 1.82) is 0 Å². The minimum atomic E-state index is -0.991. The number of carbonyl (C=O) groups excluding carboxylic acids is 2. The first-order valence-electron chi connectivity index (χ1n) is 11.4. The van der Waals surface area contributed by atoms with E-state index in [4.69, 9.17) is 13.9 Å². The van der Waals surface area contributed by atoms with Gasteiger partial charge in [0.05, 0.1) is 44.2 Å². The SMILES string of the molecule is COc1ccc(C2/C(=C(\O)c3cc(C(C)(C)C)ccc3OC)C(=O)C(=O)N2Cc2ccco2)cc1O. The van der Waals surface area contributed by atoms with Gasteiger partial charge in [0.15, 0.2) is 11.5 Å². The molecule has 36 heavy (non-hydrogen) atoms. The standard InChI is InChI=1S/C28H29NO7/c1-28(2,3)17-9-11-21(34-4)19(14-17)25(31)23-24(16-8-10-22(35-5)20(30)13-16)29(27(33)26(23)32)15-18-7-6-12-36-18/h6-14,24,30-31H,15H2,1-5H3/b25-23+. The zero-order valence-electron chi connectivity index (χ0n) is 20.9. The monoisotopic (exact) mass is 491 g/mol. The van der Waals surface area contributed by atoms with Crippen molar-refractivity contribution >= 4 is 17.4 Å². The van der Waals surface area contributed by atoms with Crippen molar-refractivity contribution < 1.29 is 33.7 Å². The van der Waals surface area contributed by atoms with Crippen molar-refractivity contribution in [2.75, 3.05) is 14.2 Å². The fourth-order valence-electron chi connectivity index (χ4n) is 4.34. The maximum Gasteiger partial charge on any atom is 0.296 e. The molecule has 188 valence electrons. The highest BCUT2D eigenvalue weighted by atomic mass is 16.5. The van der Waals surface area contributed by atoms with Gasteiger partial charge in [-0.05, 0) is 52.9 Å². The normalized spacial score (nSPS) is 17.5. The summed E-state index contributed by atoms with van der Waals surface area (Å²) in [6, 6.07) is 12.4. The van der Waals surface area contributed by atoms with Gasteiger partial charge in [-0.3, -0.25) is 9.59 Å². The molecule has 1 aromatic heterocycles. The zero-order valence-corrected chi connectivity index (χ0v) is 20.9. The highest BCUT2D eigenvalue weighted by Gasteiger charge is 2.47. The van der Waals surface area contributed by atoms with Gasteiger partial charge < -0.3 is 29.0 Å². The van der Waals surface area contributed by atoms with Crippen molar-refractivity contribution in [3.63, 3.8) is 0 Å². The number of ketones is 1. The summed E-state index contributed by atoms with van der Waals surface area (Å²) in [7, 11) is 2.89. The molecule has 1 saturated heterocycles. The van der Waals surface area contributed by atoms with E-state index in [9.17, 15) is 19.8 Å². The maximum absolute atomic E-state index is 13.4. The number of Topliss-reactive ketones (excluding diaryl/α,β-unsaturated/α-hetero) is 1. The van der Waals surface area contributed by atoms with Crippen LogP contribution in [0.2, 0.25) is 0 Å². The van der Waals surface area contributed by atoms with Crippen LogP contribution in [0.3, 0.4) is 0 Å². The first-order chi connectivity index (χ1) is 17.1. The molecule has 8 heteroatoms. The Morgan fingerprint density at radius 3 is 2.31 bits per heavy atom. The third-order valence-electron chi connectivity index (χ3n) is 6.29. The molecular formula is C28H29NO7. The van der Waals surface area contributed by atoms with Crippen LogP contribution in [-0.4, -0.2) is 41.0 Å². The number of benzene rings is 2. The summed E-state index contributed by atoms with van der Waals surface area (Å²) in [6.45, 7) is 6.08. The maximum atomic E-state index is 13.4. The second-order valence-corrected chi connectivity index (χ2v) is 9.60. The van der Waals surface area contributed by atoms with Crippen LogP contribution >= 0.6 is 0 Å². The average molecular weight is 492 g/mol. The Hall–Kier alpha value is -4.20. The van der Waals surface area contributed by atoms with E-state index in [1.165, 1.54) is 31.4 Å². The molecule has 2 N–H and O–H groups in total. The number of phenols is 1. The third-order valence-corrected chi connectivity index (χ3v) is 6.29. The van der Waals surface area contributed by atoms with Gasteiger partial charge in [-0.25, -0.2) is 0 Å². The minimum absolute atomic E-state index is 0.00895. The number of aliphatic hydroxyl groups excluding tert-OH is 1. The van der Waals surface area contributed by atoms with Crippen LogP contribution < -0.4 is 9.47 Å². The lowest BCUT2D eigenvalue weighted by Crippen LogP contribution is -2.29. The Morgan fingerprint density at radius 1 is 1.03 bits per heavy atom. The van der Waals surface area contributed by atoms with Gasteiger partial charge in [-0.15, -0.1) is 0 Å². The van der Waals surface area contributed by atoms with E-state index in [-0.39, 0.29) is 34.8 Å². The number of aromatic hydroxyl groups is 1. The molecule has 1 amide bonds. The largest absolute Gasteiger partial charge is 0.507 e. The van der Waals surface area contributed by atoms with Crippen LogP contribution in [0, 0.1) is 0 Å². The van der Waals surface area contributed by atoms with Crippen LogP contribution in [0.4, 0.5) is 0 Å². The summed E-state index contributed by atoms with van der Waals surface area (Å²) >= 11 is 0. The molecule has 0 saturated carbocycles. The van der Waals surface area contributed by atoms with E-state index in [0.717, 1.165) is 5.56 Å². The number of likely N-dealkylation sites (tertiary alicyclic amines) is 1. The van der Waals surface area contributed by atoms with Crippen molar-refractivity contribution in [2.45, 2.75) is 38.8 Å². The highest BCUT2D eigenvalue weighted by molar-refractivity contribution is 6.46. The van der Waals surface area contributed by atoms with E-state index in [2.05, 4.69) is 0 Å². The number of hydrogen-bond acceptors (Lipinski definition) is 7. The number of nitrogens with zero attached hydrogens (tertiary/aromatic N) is 1. The van der Waals surface area contributed by atoms with E-state index in [1.54, 1.807) is 36.4 Å². The third kappa shape index (κ3) is 4.42. The van der Waals surface area contributed by atoms with Crippen LogP contribution in [0.5, 0.6) is 17.2 Å². The van der Waals surface area contributed by atoms with Crippen molar-refractivity contribution in [1.82, 2.24) is 4.90 Å². The number of rotatable bonds is 6. The first kappa shape index (κ1) is 24.9. The van der Waals surface area contributed by atoms with Gasteiger partial charge in [-0.2, -0.15) is 0 Å². The number of amides is 1. The smallest absolute Gasteiger partial charge is 0.296 e. The Kier molecular flexibility index (Phi) is 6.54. The van der Waals surface area contributed by atoms with E-state index in [1.807, 2.05) is 26.8 Å². The van der Waals surface area contributed by atoms with Gasteiger partial charge >= 0.3 is 0 Å². The molecule has 0 aliphatic carbocycles. The molecule has 2 aromatic carbocycles. The highest BCUT2D eigenvalue weighted by Crippen LogP contribution is 2.44. The minimum Gasteiger partial charge on any atom is -0.507 e. The topological polar surface area (TPSA) is 109 Å². The molecule has 1 aliphatic rings. The Morgan fingerprint density at radius 2 is 1.72 bits per heavy atom. The lowest BCUT2D eigenvalue weighted by Gasteiger charge is -2.25. The number of carbonyl (C=O) groups is 2. The van der Waals surface area contributed by atoms with Gasteiger partial charge in [0.25, 0.3) is 11.7 Å². The van der Waals surface area contributed by atoms with Crippen molar-refractivity contribution in [3.05, 3.63) is 82.8 Å². The van der Waals surface area contributed by atoms with Crippen LogP contribution in [0.1, 0.15) is 49.3 Å². The van der Waals surface area contributed by atoms with Gasteiger partial charge in [0.1, 0.15) is 17.3 Å². The number of methoxy groups -OCH3 is 2. The molecule has 3 aromatic rings. The molecule has 1 fully saturated rings. The molecule has 1 unspecified atom stereocenters. The van der Waals surface area contributed by atoms with E-state index in [0.29, 0.717) is 22.6 Å². The van der Waals surface area contributed by atoms with E-state index < -0.39 is 17.7 Å². The number of aliphatic hydroxyl groups is 1. The first-order valence-corrected chi connectivity index (χ1v) is 11.4. The Labute approximate surface area is 209 Å². The lowest BCUT2D eigenvalue weighted by molar-refractivity contribution is -0.140. The summed E-state index contributed by atoms with van der Waals surface area (Å²) in [6.07, 6.45) is 1.48. The second kappa shape index (κ2) is 9.45. The predicted octanol–water partition coefficient (Wildman–Crippen LogP) is 4.92. The van der Waals surface area contributed by atoms with Gasteiger partial charge in [-0.1, -0.05) is 32.9 Å². The molecular weight excluding hydrogens is 462 g/mol. The molecule has 0 radical (unpaired) electrons. The summed E-state index contributed by atoms with van der Waals surface area (Å²) in [4.78, 5) is 27.9. The Balaban J connectivity index is 1.95. The molecule has 8 nitrogen and oxygen atoms in total. The number of phenolic OH excluding ortho intramolecular Hbond substituents is 1. The number of furan rings is 1. The van der Waals surface area contributed by atoms with Crippen LogP contribution in [0.25, 0.3) is 5.76 Å². The lowest BCUT2D eigenvalue weighted by atomic mass is 9.85. The predicted molar refractivity (Wildman–Crippen MR) is 133 cm³/mol. The molecule has 0 bridgehead atoms. The molecule has 4 rings (SSSR count). The van der Waals surface area contributed by atoms with Gasteiger partial charge in [0, 0.05) is 0 Å². The molecule has 0 spiro atoms. The molecule has 1 atom stereocenters. The van der Waals surface area contributed by atoms with Crippen LogP contribution in [0.15, 0.2) is 64.8 Å². The average Bonchev–Trinajstić information content (AvgIpc) is 3.45. The zero-order chi connectivity index (χ0) is 26.2. The fraction of sp³-hybridized carbons (Fsp3) is 0.286. The summed E-state index contributed by atoms with van der Waals surface area (Å²) < 4.78 is 16.0. The van der Waals surface area contributed by atoms with Crippen LogP contribution in [-0.2, 0) is 21.5 Å². The second-order valence-electron chi connectivity index (χ2n) is 9.60. The quantitative estimate of drug-likeness (QED) is 0.286. The Bertz CT molecular complexity index is 1330. The van der Waals surface area contributed by atoms with E-state index >= 15 is 0 Å². The van der Waals surface area contributed by atoms with Gasteiger partial charge in [0.2, 0.25) is 0 Å². The van der Waals surface area contributed by atoms with Crippen molar-refractivity contribution in [3.8, 4) is 17.2 Å².